The molecule has 21 heavy (non-hydrogen) atoms. The molecule has 2 aromatic heterocycles. The average molecular weight is 287 g/mol. The maximum Gasteiger partial charge on any atom is 0.312 e. The number of aryl methyl sites for hydroxylation is 2. The molecule has 5 heteroatoms. The van der Waals surface area contributed by atoms with Gasteiger partial charge in [0.2, 0.25) is 5.78 Å². The number of fused-ring (bicyclic) bond motifs is 1. The highest BCUT2D eigenvalue weighted by molar-refractivity contribution is 6.07. The Labute approximate surface area is 122 Å². The number of ketones is 1. The van der Waals surface area contributed by atoms with E-state index in [0.717, 1.165) is 23.2 Å². The first-order valence-corrected chi connectivity index (χ1v) is 7.01. The highest BCUT2D eigenvalue weighted by atomic mass is 16.4. The van der Waals surface area contributed by atoms with Crippen LogP contribution in [0.1, 0.15) is 51.8 Å². The van der Waals surface area contributed by atoms with Gasteiger partial charge in [0.15, 0.2) is 5.76 Å². The molecule has 1 aliphatic rings. The molecular weight excluding hydrogens is 270 g/mol. The van der Waals surface area contributed by atoms with Crippen molar-refractivity contribution in [1.82, 2.24) is 4.57 Å². The lowest BCUT2D eigenvalue weighted by atomic mass is 9.96. The Morgan fingerprint density at radius 3 is 2.71 bits per heavy atom. The second-order valence-corrected chi connectivity index (χ2v) is 5.60. The van der Waals surface area contributed by atoms with Gasteiger partial charge >= 0.3 is 5.97 Å². The van der Waals surface area contributed by atoms with E-state index >= 15 is 0 Å². The lowest BCUT2D eigenvalue weighted by Gasteiger charge is -2.23. The number of furan rings is 1. The summed E-state index contributed by atoms with van der Waals surface area (Å²) in [5.41, 5.74) is 2.96. The number of carbonyl (C=O) groups is 2. The van der Waals surface area contributed by atoms with Crippen LogP contribution in [0.5, 0.6) is 0 Å². The van der Waals surface area contributed by atoms with Crippen molar-refractivity contribution >= 4 is 11.8 Å². The largest absolute Gasteiger partial charge is 0.481 e. The topological polar surface area (TPSA) is 72.4 Å². The van der Waals surface area contributed by atoms with Gasteiger partial charge in [-0.25, -0.2) is 0 Å². The molecule has 0 fully saturated rings. The van der Waals surface area contributed by atoms with Crippen LogP contribution in [0.2, 0.25) is 0 Å². The minimum absolute atomic E-state index is 0.183. The first kappa shape index (κ1) is 13.7. The van der Waals surface area contributed by atoms with Crippen LogP contribution in [0.3, 0.4) is 0 Å². The van der Waals surface area contributed by atoms with Crippen LogP contribution in [0.15, 0.2) is 22.8 Å². The Balaban J connectivity index is 2.08. The third-order valence-corrected chi connectivity index (χ3v) is 4.02. The van der Waals surface area contributed by atoms with Crippen LogP contribution >= 0.6 is 0 Å². The minimum atomic E-state index is -0.832. The van der Waals surface area contributed by atoms with Crippen molar-refractivity contribution in [2.24, 2.45) is 0 Å². The summed E-state index contributed by atoms with van der Waals surface area (Å²) in [4.78, 5) is 24.0. The Morgan fingerprint density at radius 2 is 2.10 bits per heavy atom. The standard InChI is InChI=1S/C16H17NO4/c1-9-6-13(21-8-9)15(18)14-10(2)7-12-11(16(19)20)4-3-5-17(12)14/h6-8,11H,3-5H2,1-2H3,(H,19,20). The van der Waals surface area contributed by atoms with E-state index in [4.69, 9.17) is 4.42 Å². The molecule has 0 bridgehead atoms. The van der Waals surface area contributed by atoms with E-state index in [1.54, 1.807) is 12.3 Å². The maximum atomic E-state index is 12.6. The minimum Gasteiger partial charge on any atom is -0.481 e. The summed E-state index contributed by atoms with van der Waals surface area (Å²) in [5, 5.41) is 9.33. The highest BCUT2D eigenvalue weighted by Gasteiger charge is 2.31. The quantitative estimate of drug-likeness (QED) is 0.881. The molecule has 2 aromatic rings. The average Bonchev–Trinajstić information content (AvgIpc) is 3.00. The zero-order valence-corrected chi connectivity index (χ0v) is 12.0. The van der Waals surface area contributed by atoms with Gasteiger partial charge in [0.1, 0.15) is 0 Å². The van der Waals surface area contributed by atoms with E-state index in [1.165, 1.54) is 0 Å². The van der Waals surface area contributed by atoms with Crippen LogP contribution in [0.25, 0.3) is 0 Å². The second-order valence-electron chi connectivity index (χ2n) is 5.60. The highest BCUT2D eigenvalue weighted by Crippen LogP contribution is 2.32. The molecule has 1 N–H and O–H groups in total. The molecular formula is C16H17NO4. The molecule has 0 aromatic carbocycles. The fourth-order valence-electron chi connectivity index (χ4n) is 3.06. The number of aliphatic carboxylic acids is 1. The van der Waals surface area contributed by atoms with Gasteiger partial charge in [-0.05, 0) is 49.9 Å². The molecule has 3 heterocycles. The zero-order chi connectivity index (χ0) is 15.1. The Kier molecular flexibility index (Phi) is 3.20. The molecule has 1 aliphatic heterocycles. The maximum absolute atomic E-state index is 12.6. The van der Waals surface area contributed by atoms with Crippen molar-refractivity contribution in [3.63, 3.8) is 0 Å². The summed E-state index contributed by atoms with van der Waals surface area (Å²) >= 11 is 0. The van der Waals surface area contributed by atoms with E-state index < -0.39 is 11.9 Å². The Hall–Kier alpha value is -2.30. The Bertz CT molecular complexity index is 723. The summed E-state index contributed by atoms with van der Waals surface area (Å²) in [6.07, 6.45) is 2.92. The molecule has 1 atom stereocenters. The van der Waals surface area contributed by atoms with Gasteiger partial charge in [-0.3, -0.25) is 9.59 Å². The van der Waals surface area contributed by atoms with Gasteiger partial charge in [-0.2, -0.15) is 0 Å². The number of rotatable bonds is 3. The number of carbonyl (C=O) groups excluding carboxylic acids is 1. The fourth-order valence-corrected chi connectivity index (χ4v) is 3.06. The number of aromatic nitrogens is 1. The molecule has 1 unspecified atom stereocenters. The van der Waals surface area contributed by atoms with Gasteiger partial charge < -0.3 is 14.1 Å². The van der Waals surface area contributed by atoms with Crippen molar-refractivity contribution < 1.29 is 19.1 Å². The van der Waals surface area contributed by atoms with Crippen LogP contribution in [-0.4, -0.2) is 21.4 Å². The van der Waals surface area contributed by atoms with E-state index in [2.05, 4.69) is 0 Å². The first-order valence-electron chi connectivity index (χ1n) is 7.01. The molecule has 110 valence electrons. The second kappa shape index (κ2) is 4.91. The van der Waals surface area contributed by atoms with Crippen LogP contribution in [0.4, 0.5) is 0 Å². The van der Waals surface area contributed by atoms with Crippen molar-refractivity contribution in [1.29, 1.82) is 0 Å². The molecule has 0 saturated heterocycles. The predicted molar refractivity (Wildman–Crippen MR) is 75.7 cm³/mol. The van der Waals surface area contributed by atoms with Crippen molar-refractivity contribution in [2.75, 3.05) is 0 Å². The van der Waals surface area contributed by atoms with Crippen molar-refractivity contribution in [3.05, 3.63) is 46.7 Å². The number of carboxylic acid groups (broad SMARTS) is 1. The molecule has 0 spiro atoms. The SMILES string of the molecule is Cc1coc(C(=O)c2c(C)cc3n2CCCC3C(=O)O)c1. The molecule has 0 aliphatic carbocycles. The fraction of sp³-hybridized carbons (Fsp3) is 0.375. The normalized spacial score (nSPS) is 17.5. The summed E-state index contributed by atoms with van der Waals surface area (Å²) in [6.45, 7) is 4.38. The zero-order valence-electron chi connectivity index (χ0n) is 12.0. The predicted octanol–water partition coefficient (Wildman–Crippen LogP) is 2.89. The number of nitrogens with zero attached hydrogens (tertiary/aromatic N) is 1. The molecule has 3 rings (SSSR count). The number of hydrogen-bond donors (Lipinski definition) is 1. The number of hydrogen-bond acceptors (Lipinski definition) is 3. The summed E-state index contributed by atoms with van der Waals surface area (Å²) in [5.74, 6) is -1.24. The van der Waals surface area contributed by atoms with Crippen LogP contribution in [0, 0.1) is 13.8 Å². The lowest BCUT2D eigenvalue weighted by molar-refractivity contribution is -0.139. The van der Waals surface area contributed by atoms with Gasteiger partial charge in [-0.1, -0.05) is 0 Å². The number of carboxylic acids is 1. The van der Waals surface area contributed by atoms with Gasteiger partial charge in [0.05, 0.1) is 17.9 Å². The van der Waals surface area contributed by atoms with Crippen LogP contribution < -0.4 is 0 Å². The molecule has 0 saturated carbocycles. The van der Waals surface area contributed by atoms with E-state index in [0.29, 0.717) is 24.4 Å². The van der Waals surface area contributed by atoms with Gasteiger partial charge in [-0.15, -0.1) is 0 Å². The van der Waals surface area contributed by atoms with E-state index in [-0.39, 0.29) is 5.78 Å². The van der Waals surface area contributed by atoms with E-state index in [9.17, 15) is 14.7 Å². The Morgan fingerprint density at radius 1 is 1.33 bits per heavy atom. The van der Waals surface area contributed by atoms with Gasteiger partial charge in [0, 0.05) is 12.2 Å². The third-order valence-electron chi connectivity index (χ3n) is 4.02. The molecule has 0 amide bonds. The van der Waals surface area contributed by atoms with E-state index in [1.807, 2.05) is 24.5 Å². The summed E-state index contributed by atoms with van der Waals surface area (Å²) in [7, 11) is 0. The van der Waals surface area contributed by atoms with Gasteiger partial charge in [0.25, 0.3) is 0 Å². The van der Waals surface area contributed by atoms with Crippen molar-refractivity contribution in [2.45, 2.75) is 39.2 Å². The van der Waals surface area contributed by atoms with Crippen LogP contribution in [-0.2, 0) is 11.3 Å². The summed E-state index contributed by atoms with van der Waals surface area (Å²) in [6, 6.07) is 3.53. The third kappa shape index (κ3) is 2.18. The molecule has 5 nitrogen and oxygen atoms in total. The smallest absolute Gasteiger partial charge is 0.312 e. The van der Waals surface area contributed by atoms with Crippen molar-refractivity contribution in [3.8, 4) is 0 Å². The lowest BCUT2D eigenvalue weighted by Crippen LogP contribution is -2.23. The monoisotopic (exact) mass is 287 g/mol. The molecule has 0 radical (unpaired) electrons. The summed E-state index contributed by atoms with van der Waals surface area (Å²) < 4.78 is 7.14. The first-order chi connectivity index (χ1) is 9.99.